The summed E-state index contributed by atoms with van der Waals surface area (Å²) in [7, 11) is 1.53. The average molecular weight is 153 g/mol. The van der Waals surface area contributed by atoms with Crippen molar-refractivity contribution in [2.75, 3.05) is 7.05 Å². The largest absolute Gasteiger partial charge is 0.398 e. The molecule has 0 atom stereocenters. The van der Waals surface area contributed by atoms with Gasteiger partial charge in [0.25, 0.3) is 5.91 Å². The van der Waals surface area contributed by atoms with E-state index in [9.17, 15) is 4.79 Å². The van der Waals surface area contributed by atoms with E-state index in [1.54, 1.807) is 0 Å². The standard InChI is InChI=1S/C7H11N3O/c1-3-6(8)5(4-10-2)7(9)11/h3-4H,1,8H2,2H3,(H2,9,11). The fourth-order valence-electron chi connectivity index (χ4n) is 0.519. The molecule has 0 unspecified atom stereocenters. The van der Waals surface area contributed by atoms with Crippen molar-refractivity contribution in [1.82, 2.24) is 0 Å². The van der Waals surface area contributed by atoms with Gasteiger partial charge in [0.1, 0.15) is 0 Å². The van der Waals surface area contributed by atoms with Gasteiger partial charge in [0.2, 0.25) is 0 Å². The molecule has 0 aromatic rings. The molecule has 0 aromatic carbocycles. The van der Waals surface area contributed by atoms with Crippen molar-refractivity contribution >= 4 is 12.1 Å². The Morgan fingerprint density at radius 1 is 1.55 bits per heavy atom. The first-order valence-corrected chi connectivity index (χ1v) is 2.97. The quantitative estimate of drug-likeness (QED) is 0.328. The summed E-state index contributed by atoms with van der Waals surface area (Å²) < 4.78 is 0. The first kappa shape index (κ1) is 9.42. The number of nitrogens with two attached hydrogens (primary N) is 2. The van der Waals surface area contributed by atoms with Crippen LogP contribution in [-0.2, 0) is 4.79 Å². The van der Waals surface area contributed by atoms with Gasteiger partial charge in [0, 0.05) is 19.0 Å². The molecule has 0 saturated carbocycles. The Morgan fingerprint density at radius 2 is 2.09 bits per heavy atom. The van der Waals surface area contributed by atoms with E-state index in [4.69, 9.17) is 11.5 Å². The molecule has 0 aromatic heterocycles. The summed E-state index contributed by atoms with van der Waals surface area (Å²) in [6.45, 7) is 3.39. The van der Waals surface area contributed by atoms with Crippen LogP contribution in [0.4, 0.5) is 0 Å². The van der Waals surface area contributed by atoms with Crippen LogP contribution >= 0.6 is 0 Å². The molecule has 4 N–H and O–H groups in total. The Labute approximate surface area is 65.3 Å². The molecule has 0 heterocycles. The number of primary amides is 1. The van der Waals surface area contributed by atoms with Crippen molar-refractivity contribution in [3.8, 4) is 0 Å². The Bertz CT molecular complexity index is 228. The third kappa shape index (κ3) is 2.66. The molecule has 0 saturated heterocycles. The van der Waals surface area contributed by atoms with Crippen LogP contribution in [0.15, 0.2) is 28.9 Å². The maximum Gasteiger partial charge on any atom is 0.252 e. The van der Waals surface area contributed by atoms with Crippen LogP contribution in [0, 0.1) is 0 Å². The molecule has 0 fully saturated rings. The van der Waals surface area contributed by atoms with Gasteiger partial charge in [-0.3, -0.25) is 9.79 Å². The van der Waals surface area contributed by atoms with Crippen LogP contribution in [0.3, 0.4) is 0 Å². The normalized spacial score (nSPS) is 12.8. The molecule has 0 aliphatic heterocycles. The number of nitrogens with zero attached hydrogens (tertiary/aromatic N) is 1. The van der Waals surface area contributed by atoms with Gasteiger partial charge in [-0.05, 0) is 6.08 Å². The van der Waals surface area contributed by atoms with E-state index in [-0.39, 0.29) is 11.3 Å². The Kier molecular flexibility index (Phi) is 3.66. The monoisotopic (exact) mass is 153 g/mol. The third-order valence-corrected chi connectivity index (χ3v) is 1.05. The van der Waals surface area contributed by atoms with Gasteiger partial charge < -0.3 is 11.5 Å². The van der Waals surface area contributed by atoms with Gasteiger partial charge >= 0.3 is 0 Å². The lowest BCUT2D eigenvalue weighted by molar-refractivity contribution is -0.114. The summed E-state index contributed by atoms with van der Waals surface area (Å²) in [5.74, 6) is -0.604. The van der Waals surface area contributed by atoms with E-state index in [1.165, 1.54) is 19.3 Å². The third-order valence-electron chi connectivity index (χ3n) is 1.05. The predicted octanol–water partition coefficient (Wildman–Crippen LogP) is -0.429. The highest BCUT2D eigenvalue weighted by Gasteiger charge is 2.03. The molecule has 0 radical (unpaired) electrons. The van der Waals surface area contributed by atoms with Crippen LogP contribution in [-0.4, -0.2) is 19.2 Å². The molecule has 1 amide bonds. The average Bonchev–Trinajstić information content (AvgIpc) is 1.98. The van der Waals surface area contributed by atoms with Gasteiger partial charge in [-0.1, -0.05) is 6.58 Å². The van der Waals surface area contributed by atoms with Gasteiger partial charge in [0.15, 0.2) is 0 Å². The smallest absolute Gasteiger partial charge is 0.252 e. The number of hydrogen-bond acceptors (Lipinski definition) is 3. The minimum absolute atomic E-state index is 0.183. The van der Waals surface area contributed by atoms with E-state index < -0.39 is 5.91 Å². The number of allylic oxidation sites excluding steroid dienone is 1. The molecule has 0 bridgehead atoms. The maximum atomic E-state index is 10.6. The maximum absolute atomic E-state index is 10.6. The van der Waals surface area contributed by atoms with Crippen molar-refractivity contribution in [2.45, 2.75) is 0 Å². The van der Waals surface area contributed by atoms with Crippen molar-refractivity contribution in [3.63, 3.8) is 0 Å². The molecule has 0 spiro atoms. The molecule has 0 aliphatic carbocycles. The summed E-state index contributed by atoms with van der Waals surface area (Å²) in [5.41, 5.74) is 10.8. The number of amides is 1. The Hall–Kier alpha value is -1.58. The van der Waals surface area contributed by atoms with Gasteiger partial charge in [-0.2, -0.15) is 0 Å². The second-order valence-corrected chi connectivity index (χ2v) is 1.82. The van der Waals surface area contributed by atoms with Crippen molar-refractivity contribution in [3.05, 3.63) is 23.9 Å². The van der Waals surface area contributed by atoms with Crippen LogP contribution in [0.25, 0.3) is 0 Å². The highest BCUT2D eigenvalue weighted by molar-refractivity contribution is 6.12. The lowest BCUT2D eigenvalue weighted by Gasteiger charge is -1.97. The Balaban J connectivity index is 4.87. The summed E-state index contributed by atoms with van der Waals surface area (Å²) >= 11 is 0. The fourth-order valence-corrected chi connectivity index (χ4v) is 0.519. The lowest BCUT2D eigenvalue weighted by Crippen LogP contribution is -2.19. The second-order valence-electron chi connectivity index (χ2n) is 1.82. The summed E-state index contributed by atoms with van der Waals surface area (Å²) in [6, 6.07) is 0. The molecular formula is C7H11N3O. The highest BCUT2D eigenvalue weighted by atomic mass is 16.1. The van der Waals surface area contributed by atoms with E-state index in [2.05, 4.69) is 11.6 Å². The minimum atomic E-state index is -0.604. The number of hydrogen-bond donors (Lipinski definition) is 2. The molecule has 60 valence electrons. The molecule has 0 aliphatic rings. The van der Waals surface area contributed by atoms with Crippen LogP contribution in [0.2, 0.25) is 0 Å². The van der Waals surface area contributed by atoms with Gasteiger partial charge in [0.05, 0.1) is 5.57 Å². The van der Waals surface area contributed by atoms with Crippen molar-refractivity contribution in [1.29, 1.82) is 0 Å². The number of carbonyl (C=O) groups excluding carboxylic acids is 1. The predicted molar refractivity (Wildman–Crippen MR) is 45.0 cm³/mol. The number of carbonyl (C=O) groups is 1. The summed E-state index contributed by atoms with van der Waals surface area (Å²) in [6.07, 6.45) is 2.65. The first-order valence-electron chi connectivity index (χ1n) is 2.97. The first-order chi connectivity index (χ1) is 5.13. The molecule has 4 nitrogen and oxygen atoms in total. The van der Waals surface area contributed by atoms with E-state index >= 15 is 0 Å². The molecule has 0 rings (SSSR count). The van der Waals surface area contributed by atoms with Crippen molar-refractivity contribution in [2.24, 2.45) is 16.5 Å². The molecule has 11 heavy (non-hydrogen) atoms. The zero-order chi connectivity index (χ0) is 8.85. The van der Waals surface area contributed by atoms with E-state index in [1.807, 2.05) is 0 Å². The van der Waals surface area contributed by atoms with Crippen LogP contribution < -0.4 is 11.5 Å². The molecule has 4 heteroatoms. The van der Waals surface area contributed by atoms with Crippen LogP contribution in [0.5, 0.6) is 0 Å². The summed E-state index contributed by atoms with van der Waals surface area (Å²) in [5, 5.41) is 0. The summed E-state index contributed by atoms with van der Waals surface area (Å²) in [4.78, 5) is 14.2. The van der Waals surface area contributed by atoms with E-state index in [0.717, 1.165) is 0 Å². The zero-order valence-electron chi connectivity index (χ0n) is 6.37. The van der Waals surface area contributed by atoms with Crippen molar-refractivity contribution < 1.29 is 4.79 Å². The number of aliphatic imine (C=N–C) groups is 1. The SMILES string of the molecule is C=CC(N)=C(C=NC)C(N)=O. The Morgan fingerprint density at radius 3 is 2.36 bits per heavy atom. The number of rotatable bonds is 3. The van der Waals surface area contributed by atoms with Gasteiger partial charge in [-0.25, -0.2) is 0 Å². The molecular weight excluding hydrogens is 142 g/mol. The van der Waals surface area contributed by atoms with Crippen LogP contribution in [0.1, 0.15) is 0 Å². The minimum Gasteiger partial charge on any atom is -0.398 e. The van der Waals surface area contributed by atoms with Gasteiger partial charge in [-0.15, -0.1) is 0 Å². The topological polar surface area (TPSA) is 81.5 Å². The fraction of sp³-hybridized carbons (Fsp3) is 0.143. The lowest BCUT2D eigenvalue weighted by atomic mass is 10.2. The van der Waals surface area contributed by atoms with E-state index in [0.29, 0.717) is 0 Å². The second kappa shape index (κ2) is 4.27. The highest BCUT2D eigenvalue weighted by Crippen LogP contribution is 1.95. The zero-order valence-corrected chi connectivity index (χ0v) is 6.37.